The van der Waals surface area contributed by atoms with Crippen LogP contribution in [0, 0.1) is 5.82 Å². The normalized spacial score (nSPS) is 26.7. The average Bonchev–Trinajstić information content (AvgIpc) is 3.27. The second-order valence-electron chi connectivity index (χ2n) is 10.0. The molecular weight excluding hydrogens is 467 g/mol. The number of urea groups is 1. The number of aromatic hydroxyl groups is 1. The number of imide groups is 1. The number of halogens is 1. The fraction of sp³-hybridized carbons (Fsp3) is 0.462. The molecule has 5 rings (SSSR count). The van der Waals surface area contributed by atoms with Crippen LogP contribution < -0.4 is 10.1 Å². The number of likely N-dealkylation sites (N-methyl/N-ethyl adjacent to an activating group) is 1. The number of amides is 3. The number of piperidine rings is 1. The number of aliphatic hydroxyl groups is 1. The van der Waals surface area contributed by atoms with E-state index in [-0.39, 0.29) is 42.5 Å². The van der Waals surface area contributed by atoms with Gasteiger partial charge in [0.05, 0.1) is 25.8 Å². The summed E-state index contributed by atoms with van der Waals surface area (Å²) >= 11 is 0. The fourth-order valence-electron chi connectivity index (χ4n) is 6.00. The molecule has 36 heavy (non-hydrogen) atoms. The van der Waals surface area contributed by atoms with Gasteiger partial charge in [0.25, 0.3) is 5.91 Å². The Hall–Kier alpha value is -3.37. The van der Waals surface area contributed by atoms with Crippen molar-refractivity contribution in [1.82, 2.24) is 14.7 Å². The predicted molar refractivity (Wildman–Crippen MR) is 131 cm³/mol. The molecule has 3 amide bonds. The first kappa shape index (κ1) is 24.3. The zero-order chi connectivity index (χ0) is 25.8. The molecule has 4 atom stereocenters. The van der Waals surface area contributed by atoms with Gasteiger partial charge in [0, 0.05) is 37.3 Å². The van der Waals surface area contributed by atoms with Crippen molar-refractivity contribution in [2.75, 3.05) is 45.7 Å². The van der Waals surface area contributed by atoms with Gasteiger partial charge in [0.2, 0.25) is 0 Å². The van der Waals surface area contributed by atoms with Crippen LogP contribution in [0.25, 0.3) is 0 Å². The molecule has 0 radical (unpaired) electrons. The summed E-state index contributed by atoms with van der Waals surface area (Å²) in [5.74, 6) is -0.790. The number of ether oxygens (including phenoxy) is 1. The minimum Gasteiger partial charge on any atom is -0.508 e. The van der Waals surface area contributed by atoms with Crippen LogP contribution in [0.15, 0.2) is 36.4 Å². The van der Waals surface area contributed by atoms with Gasteiger partial charge in [-0.25, -0.2) is 9.18 Å². The van der Waals surface area contributed by atoms with Gasteiger partial charge in [-0.1, -0.05) is 12.1 Å². The van der Waals surface area contributed by atoms with E-state index in [1.165, 1.54) is 18.1 Å². The monoisotopic (exact) mass is 498 g/mol. The molecule has 2 saturated heterocycles. The Morgan fingerprint density at radius 3 is 2.72 bits per heavy atom. The molecule has 3 N–H and O–H groups in total. The second kappa shape index (κ2) is 8.94. The summed E-state index contributed by atoms with van der Waals surface area (Å²) in [6.45, 7) is 2.84. The summed E-state index contributed by atoms with van der Waals surface area (Å²) in [5.41, 5.74) is 1.00. The smallest absolute Gasteiger partial charge is 0.328 e. The molecule has 0 bridgehead atoms. The molecule has 3 aliphatic heterocycles. The lowest BCUT2D eigenvalue weighted by Gasteiger charge is -2.48. The summed E-state index contributed by atoms with van der Waals surface area (Å²) in [4.78, 5) is 32.4. The van der Waals surface area contributed by atoms with Crippen LogP contribution in [-0.4, -0.2) is 88.8 Å². The lowest BCUT2D eigenvalue weighted by molar-refractivity contribution is -0.135. The molecule has 192 valence electrons. The van der Waals surface area contributed by atoms with Crippen molar-refractivity contribution < 1.29 is 28.9 Å². The van der Waals surface area contributed by atoms with E-state index in [0.29, 0.717) is 30.8 Å². The van der Waals surface area contributed by atoms with Crippen molar-refractivity contribution in [1.29, 1.82) is 0 Å². The summed E-state index contributed by atoms with van der Waals surface area (Å²) in [7, 11) is 3.23. The van der Waals surface area contributed by atoms with Crippen LogP contribution >= 0.6 is 0 Å². The highest BCUT2D eigenvalue weighted by Crippen LogP contribution is 2.56. The maximum absolute atomic E-state index is 14.5. The Morgan fingerprint density at radius 2 is 2.03 bits per heavy atom. The highest BCUT2D eigenvalue weighted by Gasteiger charge is 2.63. The topological polar surface area (TPSA) is 106 Å². The number of phenols is 1. The van der Waals surface area contributed by atoms with Crippen LogP contribution in [0.2, 0.25) is 0 Å². The number of nitrogens with one attached hydrogen (secondary N) is 1. The van der Waals surface area contributed by atoms with Gasteiger partial charge in [-0.2, -0.15) is 0 Å². The molecule has 10 heteroatoms. The molecule has 0 spiro atoms. The molecule has 0 aliphatic carbocycles. The highest BCUT2D eigenvalue weighted by molar-refractivity contribution is 6.07. The van der Waals surface area contributed by atoms with E-state index >= 15 is 0 Å². The number of benzene rings is 2. The van der Waals surface area contributed by atoms with Gasteiger partial charge in [0.15, 0.2) is 11.6 Å². The van der Waals surface area contributed by atoms with Gasteiger partial charge in [-0.3, -0.25) is 9.69 Å². The number of hydrogen-bond acceptors (Lipinski definition) is 7. The number of methoxy groups -OCH3 is 1. The lowest BCUT2D eigenvalue weighted by Crippen LogP contribution is -2.58. The van der Waals surface area contributed by atoms with Gasteiger partial charge in [-0.15, -0.1) is 0 Å². The third-order valence-corrected chi connectivity index (χ3v) is 7.79. The van der Waals surface area contributed by atoms with Gasteiger partial charge in [-0.05, 0) is 49.7 Å². The predicted octanol–water partition coefficient (Wildman–Crippen LogP) is 2.51. The zero-order valence-electron chi connectivity index (χ0n) is 20.6. The van der Waals surface area contributed by atoms with E-state index in [0.717, 1.165) is 5.56 Å². The number of nitrogens with zero attached hydrogens (tertiary/aromatic N) is 3. The van der Waals surface area contributed by atoms with Gasteiger partial charge in [0.1, 0.15) is 11.3 Å². The molecule has 2 fully saturated rings. The average molecular weight is 499 g/mol. The highest BCUT2D eigenvalue weighted by atomic mass is 19.1. The number of anilines is 1. The molecule has 3 aliphatic rings. The number of hydrogen-bond donors (Lipinski definition) is 3. The Bertz CT molecular complexity index is 1210. The Balaban J connectivity index is 1.58. The third kappa shape index (κ3) is 3.67. The van der Waals surface area contributed by atoms with Crippen LogP contribution in [0.3, 0.4) is 0 Å². The van der Waals surface area contributed by atoms with Crippen molar-refractivity contribution >= 4 is 17.6 Å². The summed E-state index contributed by atoms with van der Waals surface area (Å²) in [5, 5.41) is 22.8. The minimum atomic E-state index is -1.13. The first-order valence-electron chi connectivity index (χ1n) is 12.1. The lowest BCUT2D eigenvalue weighted by atomic mass is 9.72. The fourth-order valence-corrected chi connectivity index (χ4v) is 6.00. The van der Waals surface area contributed by atoms with Gasteiger partial charge >= 0.3 is 6.03 Å². The zero-order valence-corrected chi connectivity index (χ0v) is 20.6. The quantitative estimate of drug-likeness (QED) is 0.504. The molecule has 2 aromatic rings. The number of aliphatic hydroxyl groups excluding tert-OH is 1. The van der Waals surface area contributed by atoms with E-state index in [1.807, 2.05) is 18.0 Å². The largest absolute Gasteiger partial charge is 0.508 e. The SMILES string of the molecule is COc1cc2c(cc1F)NC1C2C[C@@]2(C)C(=O)N(CCN(C)CCO)C(=O)N2[C@@H]1c1cccc(O)c1. The molecule has 0 saturated carbocycles. The molecular formula is C26H31FN4O5. The molecule has 3 heterocycles. The number of carbonyl (C=O) groups excluding carboxylic acids is 2. The van der Waals surface area contributed by atoms with E-state index in [1.54, 1.807) is 36.1 Å². The molecule has 0 aromatic heterocycles. The number of phenolic OH excluding ortho intramolecular Hbond substituents is 1. The van der Waals surface area contributed by atoms with E-state index in [2.05, 4.69) is 5.32 Å². The van der Waals surface area contributed by atoms with Crippen LogP contribution in [0.5, 0.6) is 11.5 Å². The first-order valence-corrected chi connectivity index (χ1v) is 12.1. The maximum atomic E-state index is 14.5. The van der Waals surface area contributed by atoms with E-state index < -0.39 is 23.4 Å². The summed E-state index contributed by atoms with van der Waals surface area (Å²) in [6.07, 6.45) is 0.356. The van der Waals surface area contributed by atoms with Crippen molar-refractivity contribution in [2.24, 2.45) is 0 Å². The second-order valence-corrected chi connectivity index (χ2v) is 10.0. The molecule has 2 aromatic carbocycles. The van der Waals surface area contributed by atoms with Crippen LogP contribution in [0.4, 0.5) is 14.9 Å². The number of fused-ring (bicyclic) bond motifs is 4. The first-order chi connectivity index (χ1) is 17.2. The Morgan fingerprint density at radius 1 is 1.25 bits per heavy atom. The van der Waals surface area contributed by atoms with E-state index in [4.69, 9.17) is 4.74 Å². The van der Waals surface area contributed by atoms with Crippen LogP contribution in [-0.2, 0) is 4.79 Å². The molecule has 2 unspecified atom stereocenters. The third-order valence-electron chi connectivity index (χ3n) is 7.79. The van der Waals surface area contributed by atoms with Crippen molar-refractivity contribution in [3.05, 3.63) is 53.3 Å². The molecule has 9 nitrogen and oxygen atoms in total. The maximum Gasteiger partial charge on any atom is 0.328 e. The van der Waals surface area contributed by atoms with Crippen molar-refractivity contribution in [3.63, 3.8) is 0 Å². The number of carbonyl (C=O) groups is 2. The summed E-state index contributed by atoms with van der Waals surface area (Å²) in [6, 6.07) is 8.45. The Labute approximate surface area is 209 Å². The van der Waals surface area contributed by atoms with Crippen molar-refractivity contribution in [3.8, 4) is 11.5 Å². The van der Waals surface area contributed by atoms with E-state index in [9.17, 15) is 24.2 Å². The summed E-state index contributed by atoms with van der Waals surface area (Å²) < 4.78 is 19.8. The minimum absolute atomic E-state index is 0.0136. The van der Waals surface area contributed by atoms with Crippen molar-refractivity contribution in [2.45, 2.75) is 36.9 Å². The number of rotatable bonds is 7. The standard InChI is InChI=1S/C26H31FN4O5/c1-26-14-18-17-12-21(36-3)19(27)13-20(17)28-22(18)23(15-5-4-6-16(33)11-15)31(26)25(35)30(24(26)34)8-7-29(2)9-10-32/h4-6,11-13,18,22-23,28,32-33H,7-10,14H2,1-3H3/t18?,22?,23-,26+/m1/s1. The van der Waals surface area contributed by atoms with Gasteiger partial charge < -0.3 is 30.1 Å². The van der Waals surface area contributed by atoms with Crippen LogP contribution in [0.1, 0.15) is 36.4 Å². The Kier molecular flexibility index (Phi) is 6.04.